The summed E-state index contributed by atoms with van der Waals surface area (Å²) in [7, 11) is 0. The molecule has 1 aromatic rings. The fourth-order valence-electron chi connectivity index (χ4n) is 1.40. The Balaban J connectivity index is 2.20. The highest BCUT2D eigenvalue weighted by molar-refractivity contribution is 7.11. The van der Waals surface area contributed by atoms with Gasteiger partial charge < -0.3 is 4.74 Å². The van der Waals surface area contributed by atoms with Gasteiger partial charge in [-0.05, 0) is 24.5 Å². The van der Waals surface area contributed by atoms with Crippen molar-refractivity contribution in [3.63, 3.8) is 0 Å². The molecule has 0 bridgehead atoms. The molecule has 14 heavy (non-hydrogen) atoms. The van der Waals surface area contributed by atoms with Crippen LogP contribution in [-0.2, 0) is 0 Å². The molecule has 0 saturated carbocycles. The Morgan fingerprint density at radius 1 is 1.50 bits per heavy atom. The summed E-state index contributed by atoms with van der Waals surface area (Å²) in [6.45, 7) is 5.34. The quantitative estimate of drug-likeness (QED) is 0.658. The predicted octanol–water partition coefficient (Wildman–Crippen LogP) is 4.14. The maximum absolute atomic E-state index is 5.68. The maximum Gasteiger partial charge on any atom is 0.174 e. The van der Waals surface area contributed by atoms with Crippen LogP contribution in [0, 0.1) is 11.3 Å². The molecular weight excluding hydrogens is 192 g/mol. The highest BCUT2D eigenvalue weighted by Gasteiger charge is 2.06. The van der Waals surface area contributed by atoms with Crippen molar-refractivity contribution in [2.24, 2.45) is 5.92 Å². The summed E-state index contributed by atoms with van der Waals surface area (Å²) in [4.78, 5) is 0. The van der Waals surface area contributed by atoms with Crippen molar-refractivity contribution in [2.45, 2.75) is 39.5 Å². The van der Waals surface area contributed by atoms with E-state index >= 15 is 0 Å². The minimum Gasteiger partial charge on any atom is -0.484 e. The Morgan fingerprint density at radius 3 is 2.93 bits per heavy atom. The van der Waals surface area contributed by atoms with E-state index in [-0.39, 0.29) is 0 Å². The van der Waals surface area contributed by atoms with E-state index in [1.54, 1.807) is 11.3 Å². The molecule has 1 atom stereocenters. The first kappa shape index (κ1) is 11.6. The van der Waals surface area contributed by atoms with Crippen LogP contribution in [0.3, 0.4) is 0 Å². The van der Waals surface area contributed by atoms with E-state index < -0.39 is 0 Å². The molecule has 1 nitrogen and oxygen atoms in total. The van der Waals surface area contributed by atoms with Gasteiger partial charge in [-0.15, -0.1) is 0 Å². The summed E-state index contributed by atoms with van der Waals surface area (Å²) in [5, 5.41) is 4.03. The van der Waals surface area contributed by atoms with E-state index in [1.807, 2.05) is 12.1 Å². The molecule has 79 valence electrons. The van der Waals surface area contributed by atoms with Gasteiger partial charge in [-0.25, -0.2) is 0 Å². The number of hydrogen-bond acceptors (Lipinski definition) is 2. The smallest absolute Gasteiger partial charge is 0.174 e. The lowest BCUT2D eigenvalue weighted by molar-refractivity contribution is 0.239. The van der Waals surface area contributed by atoms with Gasteiger partial charge in [0.1, 0.15) is 0 Å². The molecule has 1 radical (unpaired) electrons. The molecule has 1 aromatic heterocycles. The summed E-state index contributed by atoms with van der Waals surface area (Å²) in [5.41, 5.74) is 0. The molecule has 0 saturated heterocycles. The zero-order valence-electron chi connectivity index (χ0n) is 9.08. The Morgan fingerprint density at radius 2 is 2.36 bits per heavy atom. The van der Waals surface area contributed by atoms with Crippen molar-refractivity contribution in [3.05, 3.63) is 17.5 Å². The van der Waals surface area contributed by atoms with Crippen LogP contribution in [0.2, 0.25) is 0 Å². The molecule has 1 heterocycles. The molecule has 0 fully saturated rings. The minimum atomic E-state index is 0.719. The highest BCUT2D eigenvalue weighted by Crippen LogP contribution is 2.20. The van der Waals surface area contributed by atoms with Gasteiger partial charge in [0.2, 0.25) is 0 Å². The van der Waals surface area contributed by atoms with E-state index in [1.165, 1.54) is 25.7 Å². The second kappa shape index (κ2) is 6.88. The van der Waals surface area contributed by atoms with Crippen LogP contribution in [0.5, 0.6) is 5.06 Å². The summed E-state index contributed by atoms with van der Waals surface area (Å²) in [5.74, 6) is 0.719. The SMILES string of the molecule is CCCCC(CC)COc1cc[c]s1. The number of unbranched alkanes of at least 4 members (excludes halogenated alkanes) is 1. The summed E-state index contributed by atoms with van der Waals surface area (Å²) in [6.07, 6.45) is 5.11. The normalized spacial score (nSPS) is 12.7. The van der Waals surface area contributed by atoms with Crippen molar-refractivity contribution in [1.29, 1.82) is 0 Å². The number of ether oxygens (including phenoxy) is 1. The van der Waals surface area contributed by atoms with Crippen LogP contribution in [0.1, 0.15) is 39.5 Å². The van der Waals surface area contributed by atoms with Crippen LogP contribution in [-0.4, -0.2) is 6.61 Å². The number of thiophene rings is 1. The Hall–Kier alpha value is -0.500. The zero-order chi connectivity index (χ0) is 10.2. The van der Waals surface area contributed by atoms with Gasteiger partial charge >= 0.3 is 0 Å². The Labute approximate surface area is 91.1 Å². The van der Waals surface area contributed by atoms with Gasteiger partial charge in [-0.1, -0.05) is 44.4 Å². The fourth-order valence-corrected chi connectivity index (χ4v) is 1.92. The third-order valence-electron chi connectivity index (χ3n) is 2.45. The lowest BCUT2D eigenvalue weighted by atomic mass is 10.0. The van der Waals surface area contributed by atoms with Crippen molar-refractivity contribution in [2.75, 3.05) is 6.61 Å². The molecule has 1 rings (SSSR count). The fraction of sp³-hybridized carbons (Fsp3) is 0.667. The molecule has 0 aromatic carbocycles. The maximum atomic E-state index is 5.68. The van der Waals surface area contributed by atoms with E-state index in [2.05, 4.69) is 19.2 Å². The van der Waals surface area contributed by atoms with Crippen LogP contribution < -0.4 is 4.74 Å². The van der Waals surface area contributed by atoms with Gasteiger partial charge in [0, 0.05) is 5.38 Å². The largest absolute Gasteiger partial charge is 0.484 e. The van der Waals surface area contributed by atoms with Crippen LogP contribution >= 0.6 is 11.3 Å². The van der Waals surface area contributed by atoms with Gasteiger partial charge in [0.05, 0.1) is 6.61 Å². The number of rotatable bonds is 7. The Bertz CT molecular complexity index is 218. The molecule has 0 aliphatic rings. The topological polar surface area (TPSA) is 9.23 Å². The first-order valence-corrected chi connectivity index (χ1v) is 6.27. The first-order valence-electron chi connectivity index (χ1n) is 5.45. The lowest BCUT2D eigenvalue weighted by Crippen LogP contribution is -2.10. The van der Waals surface area contributed by atoms with E-state index in [9.17, 15) is 0 Å². The van der Waals surface area contributed by atoms with Crippen LogP contribution in [0.25, 0.3) is 0 Å². The third kappa shape index (κ3) is 4.14. The molecule has 0 aliphatic carbocycles. The molecule has 0 spiro atoms. The van der Waals surface area contributed by atoms with E-state index in [0.717, 1.165) is 17.6 Å². The van der Waals surface area contributed by atoms with Crippen LogP contribution in [0.15, 0.2) is 12.1 Å². The predicted molar refractivity (Wildman–Crippen MR) is 62.0 cm³/mol. The first-order chi connectivity index (χ1) is 6.86. The van der Waals surface area contributed by atoms with Crippen molar-refractivity contribution in [3.8, 4) is 5.06 Å². The number of hydrogen-bond donors (Lipinski definition) is 0. The molecule has 1 unspecified atom stereocenters. The molecule has 0 aliphatic heterocycles. The van der Waals surface area contributed by atoms with Gasteiger partial charge in [0.15, 0.2) is 5.06 Å². The average Bonchev–Trinajstić information content (AvgIpc) is 2.71. The summed E-state index contributed by atoms with van der Waals surface area (Å²) >= 11 is 1.55. The van der Waals surface area contributed by atoms with Gasteiger partial charge in [-0.2, -0.15) is 0 Å². The monoisotopic (exact) mass is 211 g/mol. The summed E-state index contributed by atoms with van der Waals surface area (Å²) in [6, 6.07) is 3.89. The van der Waals surface area contributed by atoms with Crippen LogP contribution in [0.4, 0.5) is 0 Å². The molecule has 0 amide bonds. The zero-order valence-corrected chi connectivity index (χ0v) is 9.90. The molecular formula is C12H19OS. The van der Waals surface area contributed by atoms with Gasteiger partial charge in [0.25, 0.3) is 0 Å². The molecule has 0 N–H and O–H groups in total. The minimum absolute atomic E-state index is 0.719. The molecule has 2 heteroatoms. The van der Waals surface area contributed by atoms with Crippen molar-refractivity contribution < 1.29 is 4.74 Å². The lowest BCUT2D eigenvalue weighted by Gasteiger charge is -2.14. The highest BCUT2D eigenvalue weighted by atomic mass is 32.1. The summed E-state index contributed by atoms with van der Waals surface area (Å²) < 4.78 is 5.68. The standard InChI is InChI=1S/C12H19OS/c1-3-5-7-11(4-2)10-13-12-8-6-9-14-12/h6,8,11H,3-5,7,10H2,1-2H3. The third-order valence-corrected chi connectivity index (χ3v) is 3.16. The van der Waals surface area contributed by atoms with Crippen molar-refractivity contribution >= 4 is 11.3 Å². The second-order valence-corrected chi connectivity index (χ2v) is 4.44. The van der Waals surface area contributed by atoms with Gasteiger partial charge in [-0.3, -0.25) is 0 Å². The average molecular weight is 211 g/mol. The second-order valence-electron chi connectivity index (χ2n) is 3.60. The van der Waals surface area contributed by atoms with E-state index in [0.29, 0.717) is 0 Å². The van der Waals surface area contributed by atoms with E-state index in [4.69, 9.17) is 4.74 Å². The Kier molecular flexibility index (Phi) is 5.69. The van der Waals surface area contributed by atoms with Crippen molar-refractivity contribution in [1.82, 2.24) is 0 Å².